The molecule has 0 atom stereocenters. The third kappa shape index (κ3) is 3.61. The third-order valence-corrected chi connectivity index (χ3v) is 3.92. The Balaban J connectivity index is 2.12. The molecule has 0 bridgehead atoms. The molecule has 1 aliphatic heterocycles. The number of hydrogen-bond acceptors (Lipinski definition) is 3. The van der Waals surface area contributed by atoms with Crippen LogP contribution >= 0.6 is 23.8 Å². The number of carbonyl (C=O) groups excluding carboxylic acids is 1. The summed E-state index contributed by atoms with van der Waals surface area (Å²) in [7, 11) is 0. The second-order valence-corrected chi connectivity index (χ2v) is 5.86. The fourth-order valence-electron chi connectivity index (χ4n) is 2.53. The first-order valence-corrected chi connectivity index (χ1v) is 7.37. The molecule has 0 aliphatic carbocycles. The maximum absolute atomic E-state index is 11.1. The highest BCUT2D eigenvalue weighted by Crippen LogP contribution is 2.27. The van der Waals surface area contributed by atoms with Crippen LogP contribution in [0, 0.1) is 0 Å². The summed E-state index contributed by atoms with van der Waals surface area (Å²) in [5, 5.41) is 3.63. The molecule has 6 heteroatoms. The van der Waals surface area contributed by atoms with Gasteiger partial charge in [0.25, 0.3) is 0 Å². The van der Waals surface area contributed by atoms with Gasteiger partial charge in [-0.05, 0) is 31.0 Å². The minimum absolute atomic E-state index is 0.0232. The van der Waals surface area contributed by atoms with Crippen molar-refractivity contribution in [3.8, 4) is 0 Å². The van der Waals surface area contributed by atoms with E-state index in [-0.39, 0.29) is 11.9 Å². The van der Waals surface area contributed by atoms with Crippen molar-refractivity contribution in [2.24, 2.45) is 5.73 Å². The van der Waals surface area contributed by atoms with Crippen LogP contribution in [-0.4, -0.2) is 30.0 Å². The normalized spacial score (nSPS) is 16.0. The lowest BCUT2D eigenvalue weighted by Crippen LogP contribution is -2.44. The van der Waals surface area contributed by atoms with Crippen molar-refractivity contribution in [2.75, 3.05) is 18.0 Å². The summed E-state index contributed by atoms with van der Waals surface area (Å²) in [5.41, 5.74) is 7.60. The van der Waals surface area contributed by atoms with Crippen LogP contribution in [0.5, 0.6) is 0 Å². The summed E-state index contributed by atoms with van der Waals surface area (Å²) in [6, 6.07) is 5.80. The van der Waals surface area contributed by atoms with E-state index in [9.17, 15) is 4.79 Å². The first-order chi connectivity index (χ1) is 9.47. The van der Waals surface area contributed by atoms with Gasteiger partial charge in [-0.2, -0.15) is 0 Å². The predicted octanol–water partition coefficient (Wildman–Crippen LogP) is 2.08. The number of nitrogens with zero attached hydrogens (tertiary/aromatic N) is 1. The van der Waals surface area contributed by atoms with Gasteiger partial charge in [-0.1, -0.05) is 23.8 Å². The molecular weight excluding hydrogens is 294 g/mol. The standard InChI is InChI=1S/C14H18ClN3OS/c1-9(19)17-11-4-6-18(7-5-11)13-8-10(15)2-3-12(13)14(16)20/h2-3,8,11H,4-7H2,1H3,(H2,16,20)(H,17,19). The lowest BCUT2D eigenvalue weighted by atomic mass is 10.0. The van der Waals surface area contributed by atoms with E-state index in [4.69, 9.17) is 29.6 Å². The van der Waals surface area contributed by atoms with E-state index in [2.05, 4.69) is 10.2 Å². The van der Waals surface area contributed by atoms with Crippen molar-refractivity contribution in [2.45, 2.75) is 25.8 Å². The average Bonchev–Trinajstić information content (AvgIpc) is 2.38. The minimum Gasteiger partial charge on any atom is -0.389 e. The second-order valence-electron chi connectivity index (χ2n) is 4.99. The molecule has 1 heterocycles. The molecule has 20 heavy (non-hydrogen) atoms. The summed E-state index contributed by atoms with van der Waals surface area (Å²) in [5.74, 6) is 0.0232. The van der Waals surface area contributed by atoms with E-state index in [0.29, 0.717) is 10.0 Å². The Kier molecular flexibility index (Phi) is 4.83. The zero-order chi connectivity index (χ0) is 14.7. The van der Waals surface area contributed by atoms with Gasteiger partial charge in [-0.3, -0.25) is 4.79 Å². The van der Waals surface area contributed by atoms with Gasteiger partial charge in [0, 0.05) is 42.3 Å². The van der Waals surface area contributed by atoms with Crippen LogP contribution < -0.4 is 16.0 Å². The molecule has 1 amide bonds. The molecule has 0 saturated carbocycles. The highest BCUT2D eigenvalue weighted by atomic mass is 35.5. The molecule has 0 radical (unpaired) electrons. The third-order valence-electron chi connectivity index (χ3n) is 3.47. The molecule has 108 valence electrons. The smallest absolute Gasteiger partial charge is 0.217 e. The molecule has 0 unspecified atom stereocenters. The molecule has 1 fully saturated rings. The Morgan fingerprint density at radius 1 is 1.45 bits per heavy atom. The van der Waals surface area contributed by atoms with Gasteiger partial charge in [0.1, 0.15) is 4.99 Å². The Morgan fingerprint density at radius 3 is 2.65 bits per heavy atom. The Labute approximate surface area is 129 Å². The maximum Gasteiger partial charge on any atom is 0.217 e. The van der Waals surface area contributed by atoms with Crippen LogP contribution in [0.15, 0.2) is 18.2 Å². The first kappa shape index (κ1) is 15.1. The zero-order valence-corrected chi connectivity index (χ0v) is 12.9. The molecule has 1 aromatic rings. The summed E-state index contributed by atoms with van der Waals surface area (Å²) < 4.78 is 0. The number of anilines is 1. The van der Waals surface area contributed by atoms with Gasteiger partial charge < -0.3 is 16.0 Å². The van der Waals surface area contributed by atoms with Gasteiger partial charge in [-0.25, -0.2) is 0 Å². The molecular formula is C14H18ClN3OS. The van der Waals surface area contributed by atoms with Crippen LogP contribution in [0.4, 0.5) is 5.69 Å². The number of nitrogens with one attached hydrogen (secondary N) is 1. The van der Waals surface area contributed by atoms with Crippen molar-refractivity contribution in [1.82, 2.24) is 5.32 Å². The van der Waals surface area contributed by atoms with Crippen molar-refractivity contribution in [3.63, 3.8) is 0 Å². The van der Waals surface area contributed by atoms with Gasteiger partial charge >= 0.3 is 0 Å². The van der Waals surface area contributed by atoms with Gasteiger partial charge in [0.15, 0.2) is 0 Å². The number of nitrogens with two attached hydrogens (primary N) is 1. The van der Waals surface area contributed by atoms with Crippen LogP contribution in [-0.2, 0) is 4.79 Å². The quantitative estimate of drug-likeness (QED) is 0.839. The number of benzene rings is 1. The second kappa shape index (κ2) is 6.41. The van der Waals surface area contributed by atoms with Gasteiger partial charge in [0.2, 0.25) is 5.91 Å². The van der Waals surface area contributed by atoms with E-state index in [1.807, 2.05) is 12.1 Å². The molecule has 0 spiro atoms. The lowest BCUT2D eigenvalue weighted by Gasteiger charge is -2.35. The molecule has 0 aromatic heterocycles. The summed E-state index contributed by atoms with van der Waals surface area (Å²) in [4.78, 5) is 13.7. The number of piperidine rings is 1. The van der Waals surface area contributed by atoms with Crippen LogP contribution in [0.1, 0.15) is 25.3 Å². The fourth-order valence-corrected chi connectivity index (χ4v) is 2.87. The van der Waals surface area contributed by atoms with E-state index < -0.39 is 0 Å². The Bertz CT molecular complexity index is 527. The van der Waals surface area contributed by atoms with Gasteiger partial charge in [0.05, 0.1) is 0 Å². The highest BCUT2D eigenvalue weighted by molar-refractivity contribution is 7.80. The zero-order valence-electron chi connectivity index (χ0n) is 11.4. The molecule has 1 aliphatic rings. The maximum atomic E-state index is 11.1. The van der Waals surface area contributed by atoms with Gasteiger partial charge in [-0.15, -0.1) is 0 Å². The number of amides is 1. The van der Waals surface area contributed by atoms with E-state index in [1.54, 1.807) is 13.0 Å². The Morgan fingerprint density at radius 2 is 2.10 bits per heavy atom. The molecule has 4 nitrogen and oxygen atoms in total. The fraction of sp³-hybridized carbons (Fsp3) is 0.429. The number of carbonyl (C=O) groups is 1. The first-order valence-electron chi connectivity index (χ1n) is 6.59. The highest BCUT2D eigenvalue weighted by Gasteiger charge is 2.22. The number of thiocarbonyl (C=S) groups is 1. The monoisotopic (exact) mass is 311 g/mol. The summed E-state index contributed by atoms with van der Waals surface area (Å²) in [6.45, 7) is 3.25. The molecule has 2 rings (SSSR count). The number of rotatable bonds is 3. The molecule has 3 N–H and O–H groups in total. The van der Waals surface area contributed by atoms with Crippen LogP contribution in [0.25, 0.3) is 0 Å². The lowest BCUT2D eigenvalue weighted by molar-refractivity contribution is -0.119. The summed E-state index contributed by atoms with van der Waals surface area (Å²) in [6.07, 6.45) is 1.81. The van der Waals surface area contributed by atoms with Crippen molar-refractivity contribution in [1.29, 1.82) is 0 Å². The average molecular weight is 312 g/mol. The number of hydrogen-bond donors (Lipinski definition) is 2. The SMILES string of the molecule is CC(=O)NC1CCN(c2cc(Cl)ccc2C(N)=S)CC1. The van der Waals surface area contributed by atoms with Crippen molar-refractivity contribution >= 4 is 40.4 Å². The topological polar surface area (TPSA) is 58.4 Å². The van der Waals surface area contributed by atoms with E-state index in [1.165, 1.54) is 0 Å². The van der Waals surface area contributed by atoms with E-state index in [0.717, 1.165) is 37.2 Å². The van der Waals surface area contributed by atoms with Crippen molar-refractivity contribution < 1.29 is 4.79 Å². The van der Waals surface area contributed by atoms with E-state index >= 15 is 0 Å². The summed E-state index contributed by atoms with van der Waals surface area (Å²) >= 11 is 11.2. The minimum atomic E-state index is 0.0232. The largest absolute Gasteiger partial charge is 0.389 e. The molecule has 1 saturated heterocycles. The number of halogens is 1. The Hall–Kier alpha value is -1.33. The van der Waals surface area contributed by atoms with Crippen LogP contribution in [0.2, 0.25) is 5.02 Å². The van der Waals surface area contributed by atoms with Crippen molar-refractivity contribution in [3.05, 3.63) is 28.8 Å². The van der Waals surface area contributed by atoms with Crippen LogP contribution in [0.3, 0.4) is 0 Å². The predicted molar refractivity (Wildman–Crippen MR) is 86.4 cm³/mol. The molecule has 1 aromatic carbocycles.